The minimum atomic E-state index is -3.24. The molecule has 0 aliphatic carbocycles. The zero-order valence-electron chi connectivity index (χ0n) is 11.7. The zero-order chi connectivity index (χ0) is 14.9. The third-order valence-corrected chi connectivity index (χ3v) is 5.95. The van der Waals surface area contributed by atoms with Crippen molar-refractivity contribution >= 4 is 27.2 Å². The average molecular weight is 312 g/mol. The average Bonchev–Trinajstić information content (AvgIpc) is 2.71. The Kier molecular flexibility index (Phi) is 4.46. The molecule has 1 aromatic carbocycles. The summed E-state index contributed by atoms with van der Waals surface area (Å²) in [5.41, 5.74) is 7.04. The van der Waals surface area contributed by atoms with Crippen molar-refractivity contribution in [2.75, 3.05) is 13.1 Å². The number of sulfonamides is 1. The van der Waals surface area contributed by atoms with Gasteiger partial charge in [-0.2, -0.15) is 0 Å². The summed E-state index contributed by atoms with van der Waals surface area (Å²) in [5.74, 6) is 0.868. The second kappa shape index (κ2) is 5.79. The smallest absolute Gasteiger partial charge is 0.218 e. The molecule has 6 heteroatoms. The van der Waals surface area contributed by atoms with Gasteiger partial charge in [0.2, 0.25) is 10.0 Å². The predicted octanol–water partition coefficient (Wildman–Crippen LogP) is 1.74. The molecule has 4 nitrogen and oxygen atoms in total. The van der Waals surface area contributed by atoms with Gasteiger partial charge in [0.15, 0.2) is 0 Å². The molecule has 2 unspecified atom stereocenters. The zero-order valence-corrected chi connectivity index (χ0v) is 13.4. The third kappa shape index (κ3) is 3.37. The lowest BCUT2D eigenvalue weighted by molar-refractivity contribution is 0.462. The van der Waals surface area contributed by atoms with Crippen LogP contribution < -0.4 is 5.73 Å². The van der Waals surface area contributed by atoms with Crippen LogP contribution in [-0.2, 0) is 15.8 Å². The van der Waals surface area contributed by atoms with Crippen LogP contribution in [0.3, 0.4) is 0 Å². The molecule has 0 spiro atoms. The van der Waals surface area contributed by atoms with Crippen LogP contribution in [0.5, 0.6) is 0 Å². The molecule has 2 atom stereocenters. The molecule has 1 fully saturated rings. The Hall–Kier alpha value is -0.980. The Morgan fingerprint density at radius 1 is 1.25 bits per heavy atom. The Bertz CT molecular complexity index is 586. The van der Waals surface area contributed by atoms with Crippen LogP contribution in [0.4, 0.5) is 0 Å². The van der Waals surface area contributed by atoms with Crippen LogP contribution in [0.15, 0.2) is 24.3 Å². The summed E-state index contributed by atoms with van der Waals surface area (Å²) in [6.07, 6.45) is 0. The SMILES string of the molecule is CC1CN(S(=O)(=O)Cc2ccc(C(N)=S)cc2)CC1C. The number of hydrogen-bond acceptors (Lipinski definition) is 3. The molecule has 0 aromatic heterocycles. The number of nitrogens with two attached hydrogens (primary N) is 1. The van der Waals surface area contributed by atoms with Crippen LogP contribution in [-0.4, -0.2) is 30.8 Å². The van der Waals surface area contributed by atoms with Crippen molar-refractivity contribution in [3.8, 4) is 0 Å². The minimum Gasteiger partial charge on any atom is -0.389 e. The van der Waals surface area contributed by atoms with Gasteiger partial charge in [-0.1, -0.05) is 50.3 Å². The lowest BCUT2D eigenvalue weighted by atomic mass is 10.0. The number of hydrogen-bond donors (Lipinski definition) is 1. The van der Waals surface area contributed by atoms with Crippen LogP contribution in [0.1, 0.15) is 25.0 Å². The van der Waals surface area contributed by atoms with Crippen molar-refractivity contribution in [1.29, 1.82) is 0 Å². The van der Waals surface area contributed by atoms with Crippen molar-refractivity contribution in [2.24, 2.45) is 17.6 Å². The van der Waals surface area contributed by atoms with Crippen molar-refractivity contribution in [3.05, 3.63) is 35.4 Å². The summed E-state index contributed by atoms with van der Waals surface area (Å²) in [6.45, 7) is 5.43. The highest BCUT2D eigenvalue weighted by Gasteiger charge is 2.33. The fraction of sp³-hybridized carbons (Fsp3) is 0.500. The molecule has 1 heterocycles. The van der Waals surface area contributed by atoms with E-state index in [4.69, 9.17) is 18.0 Å². The molecule has 2 N–H and O–H groups in total. The Morgan fingerprint density at radius 3 is 2.20 bits per heavy atom. The van der Waals surface area contributed by atoms with Crippen molar-refractivity contribution in [2.45, 2.75) is 19.6 Å². The molecule has 1 saturated heterocycles. The second-order valence-corrected chi connectivity index (χ2v) is 8.00. The van der Waals surface area contributed by atoms with Crippen molar-refractivity contribution < 1.29 is 8.42 Å². The monoisotopic (exact) mass is 312 g/mol. The first-order chi connectivity index (χ1) is 9.29. The number of thiocarbonyl (C=S) groups is 1. The normalized spacial score (nSPS) is 23.9. The molecule has 1 aliphatic heterocycles. The van der Waals surface area contributed by atoms with E-state index in [1.54, 1.807) is 28.6 Å². The lowest BCUT2D eigenvalue weighted by Gasteiger charge is -2.16. The first-order valence-electron chi connectivity index (χ1n) is 6.66. The fourth-order valence-corrected chi connectivity index (χ4v) is 4.23. The second-order valence-electron chi connectivity index (χ2n) is 5.59. The molecule has 0 amide bonds. The van der Waals surface area contributed by atoms with Gasteiger partial charge in [0.1, 0.15) is 4.99 Å². The van der Waals surface area contributed by atoms with Gasteiger partial charge in [-0.3, -0.25) is 0 Å². The number of nitrogens with zero attached hydrogens (tertiary/aromatic N) is 1. The maximum atomic E-state index is 12.4. The molecular weight excluding hydrogens is 292 g/mol. The summed E-state index contributed by atoms with van der Waals surface area (Å²) in [7, 11) is -3.24. The Balaban J connectivity index is 2.10. The standard InChI is InChI=1S/C14H20N2O2S2/c1-10-7-16(8-11(10)2)20(17,18)9-12-3-5-13(6-4-12)14(15)19/h3-6,10-11H,7-9H2,1-2H3,(H2,15,19). The van der Waals surface area contributed by atoms with E-state index < -0.39 is 10.0 Å². The van der Waals surface area contributed by atoms with E-state index in [0.29, 0.717) is 29.9 Å². The van der Waals surface area contributed by atoms with E-state index in [1.807, 2.05) is 0 Å². The van der Waals surface area contributed by atoms with Gasteiger partial charge in [-0.05, 0) is 17.4 Å². The van der Waals surface area contributed by atoms with Crippen LogP contribution in [0, 0.1) is 11.8 Å². The van der Waals surface area contributed by atoms with Crippen LogP contribution in [0.25, 0.3) is 0 Å². The van der Waals surface area contributed by atoms with E-state index in [2.05, 4.69) is 13.8 Å². The summed E-state index contributed by atoms with van der Waals surface area (Å²) < 4.78 is 26.4. The molecule has 1 aromatic rings. The summed E-state index contributed by atoms with van der Waals surface area (Å²) >= 11 is 4.88. The molecule has 0 bridgehead atoms. The van der Waals surface area contributed by atoms with E-state index in [0.717, 1.165) is 11.1 Å². The van der Waals surface area contributed by atoms with Gasteiger partial charge in [0.25, 0.3) is 0 Å². The highest BCUT2D eigenvalue weighted by Crippen LogP contribution is 2.26. The van der Waals surface area contributed by atoms with E-state index >= 15 is 0 Å². The largest absolute Gasteiger partial charge is 0.389 e. The quantitative estimate of drug-likeness (QED) is 0.860. The topological polar surface area (TPSA) is 63.4 Å². The molecule has 0 radical (unpaired) electrons. The molecule has 110 valence electrons. The first-order valence-corrected chi connectivity index (χ1v) is 8.68. The molecule has 20 heavy (non-hydrogen) atoms. The summed E-state index contributed by atoms with van der Waals surface area (Å²) in [5, 5.41) is 0. The van der Waals surface area contributed by atoms with E-state index in [-0.39, 0.29) is 5.75 Å². The summed E-state index contributed by atoms with van der Waals surface area (Å²) in [4.78, 5) is 0.321. The van der Waals surface area contributed by atoms with Crippen molar-refractivity contribution in [3.63, 3.8) is 0 Å². The Labute approximate surface area is 126 Å². The number of benzene rings is 1. The van der Waals surface area contributed by atoms with Gasteiger partial charge in [0.05, 0.1) is 5.75 Å². The summed E-state index contributed by atoms with van der Waals surface area (Å²) in [6, 6.07) is 7.08. The molecule has 1 aliphatic rings. The van der Waals surface area contributed by atoms with Crippen molar-refractivity contribution in [1.82, 2.24) is 4.31 Å². The molecule has 2 rings (SSSR count). The maximum absolute atomic E-state index is 12.4. The minimum absolute atomic E-state index is 0.0318. The highest BCUT2D eigenvalue weighted by atomic mass is 32.2. The molecule has 0 saturated carbocycles. The highest BCUT2D eigenvalue weighted by molar-refractivity contribution is 7.88. The van der Waals surface area contributed by atoms with Gasteiger partial charge in [-0.15, -0.1) is 0 Å². The van der Waals surface area contributed by atoms with Gasteiger partial charge >= 0.3 is 0 Å². The maximum Gasteiger partial charge on any atom is 0.218 e. The van der Waals surface area contributed by atoms with Gasteiger partial charge < -0.3 is 5.73 Å². The van der Waals surface area contributed by atoms with Gasteiger partial charge in [-0.25, -0.2) is 12.7 Å². The van der Waals surface area contributed by atoms with E-state index in [1.165, 1.54) is 0 Å². The van der Waals surface area contributed by atoms with Crippen LogP contribution in [0.2, 0.25) is 0 Å². The van der Waals surface area contributed by atoms with Gasteiger partial charge in [0, 0.05) is 18.7 Å². The third-order valence-electron chi connectivity index (χ3n) is 3.94. The predicted molar refractivity (Wildman–Crippen MR) is 84.9 cm³/mol. The first kappa shape index (κ1) is 15.4. The number of rotatable bonds is 4. The fourth-order valence-electron chi connectivity index (χ4n) is 2.37. The van der Waals surface area contributed by atoms with E-state index in [9.17, 15) is 8.42 Å². The Morgan fingerprint density at radius 2 is 1.75 bits per heavy atom. The van der Waals surface area contributed by atoms with Crippen LogP contribution >= 0.6 is 12.2 Å². The molecular formula is C14H20N2O2S2. The lowest BCUT2D eigenvalue weighted by Crippen LogP contribution is -2.30.